The Morgan fingerprint density at radius 2 is 1.48 bits per heavy atom. The Hall–Kier alpha value is -0.300. The molecule has 0 aromatic carbocycles. The van der Waals surface area contributed by atoms with Crippen LogP contribution in [0.3, 0.4) is 0 Å². The molecule has 4 saturated carbocycles. The molecular weight excluding hydrogens is 254 g/mol. The van der Waals surface area contributed by atoms with Crippen molar-refractivity contribution >= 4 is 0 Å². The molecule has 0 aromatic rings. The van der Waals surface area contributed by atoms with Crippen LogP contribution in [0.1, 0.15) is 60.3 Å². The van der Waals surface area contributed by atoms with Gasteiger partial charge in [0, 0.05) is 12.1 Å². The van der Waals surface area contributed by atoms with Crippen molar-refractivity contribution in [2.75, 3.05) is 6.54 Å². The molecule has 0 aromatic heterocycles. The maximum atomic E-state index is 3.93. The van der Waals surface area contributed by atoms with Gasteiger partial charge < -0.3 is 5.32 Å². The fourth-order valence-electron chi connectivity index (χ4n) is 8.27. The van der Waals surface area contributed by atoms with E-state index < -0.39 is 0 Å². The molecule has 0 amide bonds. The van der Waals surface area contributed by atoms with Crippen LogP contribution in [0.25, 0.3) is 0 Å². The van der Waals surface area contributed by atoms with Crippen molar-refractivity contribution in [1.82, 2.24) is 5.32 Å². The minimum atomic E-state index is 0.322. The summed E-state index contributed by atoms with van der Waals surface area (Å²) in [7, 11) is 0. The molecule has 4 fully saturated rings. The van der Waals surface area contributed by atoms with Gasteiger partial charge in [0.1, 0.15) is 0 Å². The fourth-order valence-corrected chi connectivity index (χ4v) is 8.27. The molecule has 0 heterocycles. The summed E-state index contributed by atoms with van der Waals surface area (Å²) in [6.07, 6.45) is 8.01. The standard InChI is InChI=1S/C20H33N/c1-7-8-21-17(6)13(2)11-19(17)16(5)12-20(19)15(4)10-18(20)9-14(18)3/h7,13-16,21H,1,8-12H2,2-6H3. The lowest BCUT2D eigenvalue weighted by Gasteiger charge is -2.86. The summed E-state index contributed by atoms with van der Waals surface area (Å²) in [5.41, 5.74) is 2.28. The van der Waals surface area contributed by atoms with Crippen LogP contribution in [0.15, 0.2) is 12.7 Å². The van der Waals surface area contributed by atoms with Crippen LogP contribution in [0, 0.1) is 39.9 Å². The van der Waals surface area contributed by atoms with E-state index in [9.17, 15) is 0 Å². The van der Waals surface area contributed by atoms with Gasteiger partial charge in [0.05, 0.1) is 0 Å². The van der Waals surface area contributed by atoms with Gasteiger partial charge >= 0.3 is 0 Å². The van der Waals surface area contributed by atoms with Crippen molar-refractivity contribution in [3.8, 4) is 0 Å². The van der Waals surface area contributed by atoms with Crippen LogP contribution < -0.4 is 5.32 Å². The molecule has 21 heavy (non-hydrogen) atoms. The van der Waals surface area contributed by atoms with Crippen molar-refractivity contribution in [1.29, 1.82) is 0 Å². The van der Waals surface area contributed by atoms with Gasteiger partial charge in [-0.1, -0.05) is 33.8 Å². The summed E-state index contributed by atoms with van der Waals surface area (Å²) in [5.74, 6) is 3.62. The Labute approximate surface area is 131 Å². The van der Waals surface area contributed by atoms with Crippen LogP contribution >= 0.6 is 0 Å². The first-order chi connectivity index (χ1) is 9.82. The average molecular weight is 287 g/mol. The SMILES string of the molecule is C=CCNC1(C)C(C)CC12C(C)CC21C(C)CC12CC2C. The monoisotopic (exact) mass is 287 g/mol. The predicted molar refractivity (Wildman–Crippen MR) is 89.0 cm³/mol. The highest BCUT2D eigenvalue weighted by atomic mass is 15.1. The second kappa shape index (κ2) is 3.78. The Kier molecular flexibility index (Phi) is 2.57. The van der Waals surface area contributed by atoms with E-state index in [-0.39, 0.29) is 0 Å². The van der Waals surface area contributed by atoms with Crippen molar-refractivity contribution in [2.24, 2.45) is 39.9 Å². The van der Waals surface area contributed by atoms with Gasteiger partial charge in [-0.15, -0.1) is 6.58 Å². The largest absolute Gasteiger partial charge is 0.307 e. The number of rotatable bonds is 3. The molecule has 118 valence electrons. The second-order valence-corrected chi connectivity index (χ2v) is 9.39. The van der Waals surface area contributed by atoms with Gasteiger partial charge in [-0.05, 0) is 72.5 Å². The molecule has 4 aliphatic carbocycles. The van der Waals surface area contributed by atoms with Crippen molar-refractivity contribution in [2.45, 2.75) is 65.8 Å². The molecule has 0 radical (unpaired) electrons. The smallest absolute Gasteiger partial charge is 0.0246 e. The zero-order chi connectivity index (χ0) is 15.3. The third kappa shape index (κ3) is 1.14. The molecule has 0 saturated heterocycles. The first kappa shape index (κ1) is 14.3. The Morgan fingerprint density at radius 3 is 1.90 bits per heavy atom. The van der Waals surface area contributed by atoms with Crippen LogP contribution in [0.4, 0.5) is 0 Å². The minimum absolute atomic E-state index is 0.322. The second-order valence-electron chi connectivity index (χ2n) is 9.39. The molecule has 1 heteroatoms. The molecular formula is C20H33N. The van der Waals surface area contributed by atoms with Crippen molar-refractivity contribution < 1.29 is 0 Å². The topological polar surface area (TPSA) is 12.0 Å². The molecule has 8 atom stereocenters. The van der Waals surface area contributed by atoms with E-state index in [1.807, 2.05) is 6.08 Å². The predicted octanol–water partition coefficient (Wildman–Crippen LogP) is 4.64. The van der Waals surface area contributed by atoms with Gasteiger partial charge in [-0.25, -0.2) is 0 Å². The molecule has 4 aliphatic rings. The van der Waals surface area contributed by atoms with Crippen molar-refractivity contribution in [3.63, 3.8) is 0 Å². The maximum absolute atomic E-state index is 3.93. The summed E-state index contributed by atoms with van der Waals surface area (Å²) in [4.78, 5) is 0. The summed E-state index contributed by atoms with van der Waals surface area (Å²) in [6.45, 7) is 17.5. The third-order valence-electron chi connectivity index (χ3n) is 9.27. The van der Waals surface area contributed by atoms with Crippen LogP contribution in [-0.2, 0) is 0 Å². The first-order valence-electron chi connectivity index (χ1n) is 9.18. The third-order valence-corrected chi connectivity index (χ3v) is 9.27. The zero-order valence-corrected chi connectivity index (χ0v) is 14.6. The van der Waals surface area contributed by atoms with Gasteiger partial charge in [-0.2, -0.15) is 0 Å². The highest BCUT2D eigenvalue weighted by Crippen LogP contribution is 2.93. The summed E-state index contributed by atoms with van der Waals surface area (Å²) >= 11 is 0. The normalized spacial score (nSPS) is 64.0. The molecule has 0 aliphatic heterocycles. The molecule has 1 N–H and O–H groups in total. The lowest BCUT2D eigenvalue weighted by molar-refractivity contribution is -0.361. The lowest BCUT2D eigenvalue weighted by Crippen LogP contribution is -2.86. The van der Waals surface area contributed by atoms with E-state index in [2.05, 4.69) is 46.5 Å². The fraction of sp³-hybridized carbons (Fsp3) is 0.900. The minimum Gasteiger partial charge on any atom is -0.307 e. The number of hydrogen-bond acceptors (Lipinski definition) is 1. The zero-order valence-electron chi connectivity index (χ0n) is 14.6. The van der Waals surface area contributed by atoms with E-state index in [0.717, 1.165) is 35.6 Å². The van der Waals surface area contributed by atoms with E-state index in [4.69, 9.17) is 0 Å². The quantitative estimate of drug-likeness (QED) is 0.746. The van der Waals surface area contributed by atoms with Crippen LogP contribution in [0.5, 0.6) is 0 Å². The summed E-state index contributed by atoms with van der Waals surface area (Å²) < 4.78 is 0. The van der Waals surface area contributed by atoms with E-state index >= 15 is 0 Å². The number of nitrogens with one attached hydrogen (secondary N) is 1. The molecule has 8 unspecified atom stereocenters. The summed E-state index contributed by atoms with van der Waals surface area (Å²) in [5, 5.41) is 3.92. The first-order valence-corrected chi connectivity index (χ1v) is 9.18. The molecule has 1 nitrogen and oxygen atoms in total. The van der Waals surface area contributed by atoms with E-state index in [1.165, 1.54) is 25.7 Å². The van der Waals surface area contributed by atoms with E-state index in [1.54, 1.807) is 0 Å². The Balaban J connectivity index is 1.74. The number of hydrogen-bond donors (Lipinski definition) is 1. The Morgan fingerprint density at radius 1 is 0.905 bits per heavy atom. The van der Waals surface area contributed by atoms with Crippen LogP contribution in [-0.4, -0.2) is 12.1 Å². The number of fused-ring (bicyclic) bond motifs is 2. The van der Waals surface area contributed by atoms with Gasteiger partial charge in [0.15, 0.2) is 0 Å². The highest BCUT2D eigenvalue weighted by molar-refractivity contribution is 5.38. The average Bonchev–Trinajstić information content (AvgIpc) is 3.11. The van der Waals surface area contributed by atoms with Gasteiger partial charge in [0.25, 0.3) is 0 Å². The van der Waals surface area contributed by atoms with Crippen molar-refractivity contribution in [3.05, 3.63) is 12.7 Å². The van der Waals surface area contributed by atoms with E-state index in [0.29, 0.717) is 16.4 Å². The summed E-state index contributed by atoms with van der Waals surface area (Å²) in [6, 6.07) is 0. The lowest BCUT2D eigenvalue weighted by atomic mass is 9.20. The Bertz CT molecular complexity index is 498. The molecule has 3 spiro atoms. The van der Waals surface area contributed by atoms with Crippen LogP contribution in [0.2, 0.25) is 0 Å². The highest BCUT2D eigenvalue weighted by Gasteiger charge is 2.89. The van der Waals surface area contributed by atoms with Gasteiger partial charge in [-0.3, -0.25) is 0 Å². The molecule has 4 rings (SSSR count). The maximum Gasteiger partial charge on any atom is 0.0246 e. The van der Waals surface area contributed by atoms with Gasteiger partial charge in [0.2, 0.25) is 0 Å². The molecule has 0 bridgehead atoms.